The molecule has 10 heteroatoms. The fourth-order valence-corrected chi connectivity index (χ4v) is 5.71. The number of rotatable bonds is 8. The van der Waals surface area contributed by atoms with E-state index in [-0.39, 0.29) is 0 Å². The van der Waals surface area contributed by atoms with E-state index in [0.717, 1.165) is 11.1 Å². The number of allylic oxidation sites excluding steroid dienone is 2. The number of esters is 2. The molecule has 10 nitrogen and oxygen atoms in total. The van der Waals surface area contributed by atoms with Crippen LogP contribution in [0.2, 0.25) is 0 Å². The Morgan fingerprint density at radius 2 is 1.28 bits per heavy atom. The smallest absolute Gasteiger partial charge is 0.412 e. The molecular formula is C36H39NO9. The third kappa shape index (κ3) is 8.60. The molecule has 0 spiro atoms. The standard InChI is InChI=1S/C36H39NO9/c1-42-35-32(46-36(41)37-28-19-9-4-10-20-28)31-30(29(23-38)43-35)44-33(39)26(21-24-13-5-2-6-14-24)17-11-12-18-27(34(40)45-31)22-25-15-7-3-8-16-25/h2-16,19-20,26-27,29-32,35,38H,17-18,21-23H2,1H3,(H,37,41)/t26-,27-,29-,30-,31+,32+,35+/m1/s1. The summed E-state index contributed by atoms with van der Waals surface area (Å²) < 4.78 is 29.4. The lowest BCUT2D eigenvalue weighted by atomic mass is 9.92. The van der Waals surface area contributed by atoms with Crippen LogP contribution in [0.5, 0.6) is 0 Å². The number of fused-ring (bicyclic) bond motifs is 1. The van der Waals surface area contributed by atoms with Crippen molar-refractivity contribution in [1.29, 1.82) is 0 Å². The van der Waals surface area contributed by atoms with Crippen molar-refractivity contribution in [1.82, 2.24) is 0 Å². The van der Waals surface area contributed by atoms with Crippen LogP contribution in [0.4, 0.5) is 10.5 Å². The Bertz CT molecular complexity index is 1450. The van der Waals surface area contributed by atoms with Crippen LogP contribution in [-0.4, -0.2) is 67.6 Å². The van der Waals surface area contributed by atoms with E-state index in [0.29, 0.717) is 31.4 Å². The van der Waals surface area contributed by atoms with Crippen LogP contribution in [0, 0.1) is 11.8 Å². The van der Waals surface area contributed by atoms with Gasteiger partial charge in [0.15, 0.2) is 24.6 Å². The molecule has 2 N–H and O–H groups in total. The van der Waals surface area contributed by atoms with Gasteiger partial charge in [-0.2, -0.15) is 0 Å². The Morgan fingerprint density at radius 3 is 1.78 bits per heavy atom. The normalized spacial score (nSPS) is 26.8. The summed E-state index contributed by atoms with van der Waals surface area (Å²) in [6.45, 7) is -0.578. The Balaban J connectivity index is 1.49. The number of amides is 1. The lowest BCUT2D eigenvalue weighted by Crippen LogP contribution is -2.63. The summed E-state index contributed by atoms with van der Waals surface area (Å²) >= 11 is 0. The molecule has 3 aromatic rings. The summed E-state index contributed by atoms with van der Waals surface area (Å²) in [6.07, 6.45) is -1.95. The number of benzene rings is 3. The first-order chi connectivity index (χ1) is 22.4. The van der Waals surface area contributed by atoms with Gasteiger partial charge in [-0.15, -0.1) is 0 Å². The van der Waals surface area contributed by atoms with E-state index in [1.165, 1.54) is 7.11 Å². The summed E-state index contributed by atoms with van der Waals surface area (Å²) in [5.74, 6) is -2.32. The molecular weight excluding hydrogens is 590 g/mol. The largest absolute Gasteiger partial charge is 0.455 e. The highest BCUT2D eigenvalue weighted by atomic mass is 16.7. The van der Waals surface area contributed by atoms with Crippen LogP contribution in [0.25, 0.3) is 0 Å². The first-order valence-corrected chi connectivity index (χ1v) is 15.4. The zero-order chi connectivity index (χ0) is 32.3. The van der Waals surface area contributed by atoms with Gasteiger partial charge in [0.05, 0.1) is 18.4 Å². The van der Waals surface area contributed by atoms with Crippen molar-refractivity contribution in [2.75, 3.05) is 19.0 Å². The average molecular weight is 630 g/mol. The molecule has 5 rings (SSSR count). The summed E-state index contributed by atoms with van der Waals surface area (Å²) in [5.41, 5.74) is 2.37. The quantitative estimate of drug-likeness (QED) is 0.204. The number of aliphatic hydroxyl groups excluding tert-OH is 1. The number of anilines is 1. The third-order valence-corrected chi connectivity index (χ3v) is 8.10. The molecule has 0 aliphatic carbocycles. The Labute approximate surface area is 268 Å². The second kappa shape index (κ2) is 16.2. The van der Waals surface area contributed by atoms with Gasteiger partial charge in [0.25, 0.3) is 0 Å². The van der Waals surface area contributed by atoms with E-state index in [4.69, 9.17) is 23.7 Å². The minimum Gasteiger partial charge on any atom is -0.455 e. The number of hydrogen-bond acceptors (Lipinski definition) is 9. The van der Waals surface area contributed by atoms with Crippen molar-refractivity contribution in [3.8, 4) is 0 Å². The van der Waals surface area contributed by atoms with Crippen LogP contribution in [0.1, 0.15) is 24.0 Å². The Hall–Kier alpha value is -4.51. The van der Waals surface area contributed by atoms with Gasteiger partial charge in [-0.05, 0) is 48.9 Å². The van der Waals surface area contributed by atoms with Crippen molar-refractivity contribution in [3.05, 3.63) is 114 Å². The highest BCUT2D eigenvalue weighted by Crippen LogP contribution is 2.32. The molecule has 0 radical (unpaired) electrons. The lowest BCUT2D eigenvalue weighted by molar-refractivity contribution is -0.299. The van der Waals surface area contributed by atoms with Crippen molar-refractivity contribution >= 4 is 23.7 Å². The molecule has 1 fully saturated rings. The van der Waals surface area contributed by atoms with Gasteiger partial charge in [0.2, 0.25) is 0 Å². The predicted octanol–water partition coefficient (Wildman–Crippen LogP) is 4.86. The van der Waals surface area contributed by atoms with Crippen LogP contribution in [-0.2, 0) is 46.1 Å². The maximum Gasteiger partial charge on any atom is 0.412 e. The van der Waals surface area contributed by atoms with Crippen LogP contribution < -0.4 is 5.32 Å². The first kappa shape index (κ1) is 32.9. The summed E-state index contributed by atoms with van der Waals surface area (Å²) in [5, 5.41) is 13.0. The maximum absolute atomic E-state index is 13.9. The van der Waals surface area contributed by atoms with E-state index in [2.05, 4.69) is 5.32 Å². The zero-order valence-electron chi connectivity index (χ0n) is 25.6. The number of hydrogen-bond donors (Lipinski definition) is 2. The molecule has 7 atom stereocenters. The molecule has 46 heavy (non-hydrogen) atoms. The highest BCUT2D eigenvalue weighted by Gasteiger charge is 2.53. The number of carbonyl (C=O) groups is 3. The topological polar surface area (TPSA) is 130 Å². The minimum absolute atomic E-state index is 0.353. The molecule has 2 heterocycles. The highest BCUT2D eigenvalue weighted by molar-refractivity contribution is 5.84. The van der Waals surface area contributed by atoms with Crippen molar-refractivity contribution in [3.63, 3.8) is 0 Å². The molecule has 3 aromatic carbocycles. The van der Waals surface area contributed by atoms with Crippen LogP contribution in [0.3, 0.4) is 0 Å². The summed E-state index contributed by atoms with van der Waals surface area (Å²) in [7, 11) is 1.34. The second-order valence-electron chi connectivity index (χ2n) is 11.3. The van der Waals surface area contributed by atoms with Gasteiger partial charge in [0.1, 0.15) is 6.10 Å². The van der Waals surface area contributed by atoms with E-state index in [1.54, 1.807) is 30.3 Å². The van der Waals surface area contributed by atoms with Crippen molar-refractivity contribution in [2.45, 2.75) is 56.4 Å². The monoisotopic (exact) mass is 629 g/mol. The number of para-hydroxylation sites is 1. The number of aliphatic hydroxyl groups is 1. The van der Waals surface area contributed by atoms with Crippen molar-refractivity contribution < 1.29 is 43.2 Å². The molecule has 0 unspecified atom stereocenters. The van der Waals surface area contributed by atoms with E-state index < -0.39 is 67.2 Å². The zero-order valence-corrected chi connectivity index (χ0v) is 25.6. The number of carbonyl (C=O) groups excluding carboxylic acids is 3. The predicted molar refractivity (Wildman–Crippen MR) is 168 cm³/mol. The average Bonchev–Trinajstić information content (AvgIpc) is 3.07. The molecule has 2 aliphatic rings. The van der Waals surface area contributed by atoms with Crippen molar-refractivity contribution in [2.24, 2.45) is 11.8 Å². The molecule has 0 saturated carbocycles. The fraction of sp³-hybridized carbons (Fsp3) is 0.361. The van der Waals surface area contributed by atoms with E-state index in [9.17, 15) is 19.5 Å². The molecule has 2 aliphatic heterocycles. The van der Waals surface area contributed by atoms with Gasteiger partial charge in [-0.25, -0.2) is 4.79 Å². The van der Waals surface area contributed by atoms with Gasteiger partial charge < -0.3 is 28.8 Å². The summed E-state index contributed by atoms with van der Waals surface area (Å²) in [6, 6.07) is 27.8. The summed E-state index contributed by atoms with van der Waals surface area (Å²) in [4.78, 5) is 40.8. The van der Waals surface area contributed by atoms with E-state index >= 15 is 0 Å². The second-order valence-corrected chi connectivity index (χ2v) is 11.3. The minimum atomic E-state index is -1.35. The van der Waals surface area contributed by atoms with Gasteiger partial charge in [0, 0.05) is 12.8 Å². The van der Waals surface area contributed by atoms with Crippen LogP contribution >= 0.6 is 0 Å². The molecule has 0 aromatic heterocycles. The molecule has 242 valence electrons. The fourth-order valence-electron chi connectivity index (χ4n) is 5.71. The lowest BCUT2D eigenvalue weighted by Gasteiger charge is -2.44. The Morgan fingerprint density at radius 1 is 0.783 bits per heavy atom. The third-order valence-electron chi connectivity index (χ3n) is 8.10. The van der Waals surface area contributed by atoms with Gasteiger partial charge >= 0.3 is 18.0 Å². The SMILES string of the molecule is CO[C@H]1O[C@H](CO)[C@H]2OC(=O)[C@@H](Cc3ccccc3)CC=CC[C@H](Cc3ccccc3)C(=O)O[C@@H]2[C@@H]1OC(=O)Nc1ccccc1. The number of nitrogens with one attached hydrogen (secondary N) is 1. The number of methoxy groups -OCH3 is 1. The Kier molecular flexibility index (Phi) is 11.6. The molecule has 0 bridgehead atoms. The maximum atomic E-state index is 13.9. The molecule has 1 saturated heterocycles. The number of ether oxygens (including phenoxy) is 5. The first-order valence-electron chi connectivity index (χ1n) is 15.4. The van der Waals surface area contributed by atoms with E-state index in [1.807, 2.05) is 72.8 Å². The molecule has 1 amide bonds. The van der Waals surface area contributed by atoms with Crippen LogP contribution in [0.15, 0.2) is 103 Å². The van der Waals surface area contributed by atoms with Gasteiger partial charge in [-0.1, -0.05) is 91.0 Å². The van der Waals surface area contributed by atoms with Gasteiger partial charge in [-0.3, -0.25) is 14.9 Å².